The monoisotopic (exact) mass is 257 g/mol. The Hall–Kier alpha value is -2.65. The van der Waals surface area contributed by atoms with E-state index >= 15 is 0 Å². The van der Waals surface area contributed by atoms with Gasteiger partial charge < -0.3 is 15.3 Å². The Balaban J connectivity index is 2.14. The summed E-state index contributed by atoms with van der Waals surface area (Å²) in [7, 11) is 0. The fourth-order valence-electron chi connectivity index (χ4n) is 1.58. The summed E-state index contributed by atoms with van der Waals surface area (Å²) in [5, 5.41) is 17.4. The van der Waals surface area contributed by atoms with Crippen molar-refractivity contribution in [3.8, 4) is 17.5 Å². The van der Waals surface area contributed by atoms with Crippen molar-refractivity contribution < 1.29 is 14.3 Å². The maximum absolute atomic E-state index is 10.6. The summed E-state index contributed by atoms with van der Waals surface area (Å²) in [6.07, 6.45) is 1.54. The van der Waals surface area contributed by atoms with Crippen LogP contribution in [0.3, 0.4) is 0 Å². The summed E-state index contributed by atoms with van der Waals surface area (Å²) in [6, 6.07) is 7.97. The molecule has 6 nitrogen and oxygen atoms in total. The van der Waals surface area contributed by atoms with Crippen molar-refractivity contribution in [1.82, 2.24) is 4.98 Å². The minimum atomic E-state index is -1.03. The van der Waals surface area contributed by atoms with Crippen molar-refractivity contribution in [2.24, 2.45) is 5.73 Å². The third-order valence-electron chi connectivity index (χ3n) is 2.59. The largest absolute Gasteiger partial charge is 0.480 e. The van der Waals surface area contributed by atoms with Crippen LogP contribution in [0.5, 0.6) is 0 Å². The predicted molar refractivity (Wildman–Crippen MR) is 66.0 cm³/mol. The maximum Gasteiger partial charge on any atom is 0.320 e. The molecule has 2 rings (SSSR count). The molecule has 1 aromatic carbocycles. The van der Waals surface area contributed by atoms with Crippen LogP contribution in [0.4, 0.5) is 0 Å². The number of carboxylic acid groups (broad SMARTS) is 1. The van der Waals surface area contributed by atoms with Gasteiger partial charge >= 0.3 is 5.97 Å². The molecule has 6 heteroatoms. The number of nitriles is 1. The number of nitrogens with two attached hydrogens (primary N) is 1. The molecule has 3 N–H and O–H groups in total. The molecule has 0 spiro atoms. The van der Waals surface area contributed by atoms with Crippen molar-refractivity contribution in [3.05, 3.63) is 41.8 Å². The Kier molecular flexibility index (Phi) is 3.59. The molecule has 0 radical (unpaired) electrons. The molecule has 1 heterocycles. The van der Waals surface area contributed by atoms with Gasteiger partial charge in [-0.1, -0.05) is 12.1 Å². The molecule has 0 aliphatic rings. The van der Waals surface area contributed by atoms with Crippen LogP contribution in [0.2, 0.25) is 0 Å². The van der Waals surface area contributed by atoms with Gasteiger partial charge in [0.15, 0.2) is 5.69 Å². The summed E-state index contributed by atoms with van der Waals surface area (Å²) in [4.78, 5) is 14.6. The molecule has 2 aromatic rings. The quantitative estimate of drug-likeness (QED) is 0.849. The Bertz CT molecular complexity index is 625. The molecule has 0 aliphatic carbocycles. The van der Waals surface area contributed by atoms with E-state index in [1.807, 2.05) is 6.07 Å². The van der Waals surface area contributed by atoms with Crippen LogP contribution in [0.1, 0.15) is 11.3 Å². The van der Waals surface area contributed by atoms with E-state index in [-0.39, 0.29) is 12.1 Å². The van der Waals surface area contributed by atoms with Crippen molar-refractivity contribution >= 4 is 5.97 Å². The van der Waals surface area contributed by atoms with Crippen LogP contribution >= 0.6 is 0 Å². The van der Waals surface area contributed by atoms with Crippen molar-refractivity contribution in [3.63, 3.8) is 0 Å². The van der Waals surface area contributed by atoms with Crippen molar-refractivity contribution in [2.75, 3.05) is 0 Å². The first-order valence-electron chi connectivity index (χ1n) is 5.53. The average Bonchev–Trinajstić information content (AvgIpc) is 2.88. The van der Waals surface area contributed by atoms with Gasteiger partial charge in [0.25, 0.3) is 0 Å². The number of carboxylic acids is 1. The SMILES string of the molecule is N#Cc1coc(-c2ccc(C[C@H](N)C(=O)O)cc2)n1. The van der Waals surface area contributed by atoms with Crippen LogP contribution < -0.4 is 5.73 Å². The summed E-state index contributed by atoms with van der Waals surface area (Å²) in [6.45, 7) is 0. The molecule has 0 bridgehead atoms. The van der Waals surface area contributed by atoms with E-state index in [9.17, 15) is 4.79 Å². The van der Waals surface area contributed by atoms with Gasteiger partial charge in [-0.3, -0.25) is 4.79 Å². The minimum absolute atomic E-state index is 0.215. The minimum Gasteiger partial charge on any atom is -0.480 e. The zero-order chi connectivity index (χ0) is 13.8. The van der Waals surface area contributed by atoms with Crippen LogP contribution in [-0.4, -0.2) is 22.1 Å². The zero-order valence-electron chi connectivity index (χ0n) is 9.91. The van der Waals surface area contributed by atoms with Gasteiger partial charge in [0.2, 0.25) is 5.89 Å². The van der Waals surface area contributed by atoms with E-state index < -0.39 is 12.0 Å². The second-order valence-corrected chi connectivity index (χ2v) is 4.00. The highest BCUT2D eigenvalue weighted by molar-refractivity contribution is 5.73. The Morgan fingerprint density at radius 2 is 2.16 bits per heavy atom. The van der Waals surface area contributed by atoms with Gasteiger partial charge in [0.1, 0.15) is 18.4 Å². The fraction of sp³-hybridized carbons (Fsp3) is 0.154. The third-order valence-corrected chi connectivity index (χ3v) is 2.59. The molecule has 1 aromatic heterocycles. The number of hydrogen-bond donors (Lipinski definition) is 2. The summed E-state index contributed by atoms with van der Waals surface area (Å²) < 4.78 is 5.15. The normalized spacial score (nSPS) is 11.8. The summed E-state index contributed by atoms with van der Waals surface area (Å²) in [5.41, 5.74) is 7.20. The molecular formula is C13H11N3O3. The standard InChI is InChI=1S/C13H11N3O3/c14-6-10-7-19-12(16-10)9-3-1-8(2-4-9)5-11(15)13(17)18/h1-4,7,11H,5,15H2,(H,17,18)/t11-/m0/s1. The molecule has 96 valence electrons. The lowest BCUT2D eigenvalue weighted by atomic mass is 10.0. The highest BCUT2D eigenvalue weighted by atomic mass is 16.4. The molecule has 0 unspecified atom stereocenters. The number of aliphatic carboxylic acids is 1. The Labute approximate surface area is 109 Å². The van der Waals surface area contributed by atoms with Crippen molar-refractivity contribution in [1.29, 1.82) is 5.26 Å². The van der Waals surface area contributed by atoms with E-state index in [4.69, 9.17) is 20.5 Å². The number of carbonyl (C=O) groups is 1. The van der Waals surface area contributed by atoms with Crippen molar-refractivity contribution in [2.45, 2.75) is 12.5 Å². The van der Waals surface area contributed by atoms with Gasteiger partial charge in [-0.15, -0.1) is 0 Å². The molecule has 0 aliphatic heterocycles. The highest BCUT2D eigenvalue weighted by Gasteiger charge is 2.12. The van der Waals surface area contributed by atoms with Crippen LogP contribution in [0.15, 0.2) is 34.9 Å². The lowest BCUT2D eigenvalue weighted by Gasteiger charge is -2.06. The van der Waals surface area contributed by atoms with Crippen LogP contribution in [-0.2, 0) is 11.2 Å². The number of aromatic nitrogens is 1. The smallest absolute Gasteiger partial charge is 0.320 e. The van der Waals surface area contributed by atoms with E-state index in [0.29, 0.717) is 11.5 Å². The van der Waals surface area contributed by atoms with Gasteiger partial charge in [0.05, 0.1) is 0 Å². The number of oxazole rings is 1. The first kappa shape index (κ1) is 12.8. The Morgan fingerprint density at radius 1 is 1.47 bits per heavy atom. The molecule has 1 atom stereocenters. The lowest BCUT2D eigenvalue weighted by Crippen LogP contribution is -2.32. The fourth-order valence-corrected chi connectivity index (χ4v) is 1.58. The van der Waals surface area contributed by atoms with E-state index in [0.717, 1.165) is 5.56 Å². The van der Waals surface area contributed by atoms with E-state index in [1.54, 1.807) is 24.3 Å². The van der Waals surface area contributed by atoms with Gasteiger partial charge in [-0.05, 0) is 24.1 Å². The molecule has 19 heavy (non-hydrogen) atoms. The van der Waals surface area contributed by atoms with Crippen LogP contribution in [0, 0.1) is 11.3 Å². The number of hydrogen-bond acceptors (Lipinski definition) is 5. The molecule has 0 amide bonds. The predicted octanol–water partition coefficient (Wildman–Crippen LogP) is 1.17. The number of benzene rings is 1. The van der Waals surface area contributed by atoms with Gasteiger partial charge in [-0.2, -0.15) is 10.2 Å². The number of rotatable bonds is 4. The second kappa shape index (κ2) is 5.33. The lowest BCUT2D eigenvalue weighted by molar-refractivity contribution is -0.138. The van der Waals surface area contributed by atoms with Gasteiger partial charge in [-0.25, -0.2) is 0 Å². The summed E-state index contributed by atoms with van der Waals surface area (Å²) >= 11 is 0. The van der Waals surface area contributed by atoms with E-state index in [1.165, 1.54) is 6.26 Å². The second-order valence-electron chi connectivity index (χ2n) is 4.00. The maximum atomic E-state index is 10.6. The van der Waals surface area contributed by atoms with Gasteiger partial charge in [0, 0.05) is 5.56 Å². The zero-order valence-corrected chi connectivity index (χ0v) is 9.91. The van der Waals surface area contributed by atoms with E-state index in [2.05, 4.69) is 4.98 Å². The number of nitrogens with zero attached hydrogens (tertiary/aromatic N) is 2. The summed E-state index contributed by atoms with van der Waals surface area (Å²) in [5.74, 6) is -0.680. The third kappa shape index (κ3) is 2.97. The Morgan fingerprint density at radius 3 is 2.68 bits per heavy atom. The first-order valence-corrected chi connectivity index (χ1v) is 5.53. The average molecular weight is 257 g/mol. The molecule has 0 saturated carbocycles. The first-order chi connectivity index (χ1) is 9.10. The molecular weight excluding hydrogens is 246 g/mol. The molecule has 0 fully saturated rings. The van der Waals surface area contributed by atoms with Crippen LogP contribution in [0.25, 0.3) is 11.5 Å². The highest BCUT2D eigenvalue weighted by Crippen LogP contribution is 2.19. The topological polar surface area (TPSA) is 113 Å². The molecule has 0 saturated heterocycles.